The van der Waals surface area contributed by atoms with Crippen LogP contribution in [0.25, 0.3) is 11.3 Å². The van der Waals surface area contributed by atoms with Gasteiger partial charge in [0.1, 0.15) is 0 Å². The summed E-state index contributed by atoms with van der Waals surface area (Å²) in [5.41, 5.74) is 5.25. The van der Waals surface area contributed by atoms with Crippen LogP contribution in [-0.4, -0.2) is 55.1 Å². The first-order valence-electron chi connectivity index (χ1n) is 12.4. The summed E-state index contributed by atoms with van der Waals surface area (Å²) in [5, 5.41) is 0. The van der Waals surface area contributed by atoms with E-state index in [2.05, 4.69) is 89.7 Å². The molecule has 6 heteroatoms. The molecular weight excluding hydrogens is 420 g/mol. The first-order valence-corrected chi connectivity index (χ1v) is 12.4. The zero-order chi connectivity index (χ0) is 22.7. The van der Waals surface area contributed by atoms with Gasteiger partial charge in [-0.1, -0.05) is 48.5 Å². The summed E-state index contributed by atoms with van der Waals surface area (Å²) in [4.78, 5) is 13.9. The molecule has 0 radical (unpaired) electrons. The molecule has 2 atom stereocenters. The topological polar surface area (TPSA) is 42.1 Å². The summed E-state index contributed by atoms with van der Waals surface area (Å²) in [6, 6.07) is 20.8. The van der Waals surface area contributed by atoms with E-state index in [1.165, 1.54) is 35.2 Å². The third-order valence-electron chi connectivity index (χ3n) is 7.38. The van der Waals surface area contributed by atoms with E-state index in [1.54, 1.807) is 0 Å². The van der Waals surface area contributed by atoms with Crippen molar-refractivity contribution in [2.45, 2.75) is 38.0 Å². The van der Waals surface area contributed by atoms with Gasteiger partial charge in [-0.2, -0.15) is 0 Å². The number of likely N-dealkylation sites (tertiary alicyclic amines) is 2. The summed E-state index contributed by atoms with van der Waals surface area (Å²) < 4.78 is 4.65. The lowest BCUT2D eigenvalue weighted by atomic mass is 10.1. The number of benzene rings is 2. The van der Waals surface area contributed by atoms with Crippen LogP contribution >= 0.6 is 0 Å². The molecule has 0 saturated carbocycles. The van der Waals surface area contributed by atoms with Gasteiger partial charge in [-0.25, -0.2) is 9.97 Å². The van der Waals surface area contributed by atoms with Crippen molar-refractivity contribution in [3.8, 4) is 11.3 Å². The van der Waals surface area contributed by atoms with Crippen LogP contribution in [0.3, 0.4) is 0 Å². The van der Waals surface area contributed by atoms with Gasteiger partial charge in [-0.15, -0.1) is 0 Å². The lowest BCUT2D eigenvalue weighted by Gasteiger charge is -2.19. The fourth-order valence-corrected chi connectivity index (χ4v) is 5.62. The second kappa shape index (κ2) is 9.57. The monoisotopic (exact) mass is 452 g/mol. The predicted molar refractivity (Wildman–Crippen MR) is 134 cm³/mol. The van der Waals surface area contributed by atoms with Gasteiger partial charge < -0.3 is 9.13 Å². The second-order valence-corrected chi connectivity index (χ2v) is 9.74. The average Bonchev–Trinajstić information content (AvgIpc) is 3.67. The van der Waals surface area contributed by atoms with Gasteiger partial charge >= 0.3 is 0 Å². The average molecular weight is 453 g/mol. The van der Waals surface area contributed by atoms with Crippen LogP contribution in [0, 0.1) is 0 Å². The Hall–Kier alpha value is -3.22. The van der Waals surface area contributed by atoms with E-state index >= 15 is 0 Å². The molecule has 174 valence electrons. The normalized spacial score (nSPS) is 21.4. The quantitative estimate of drug-likeness (QED) is 0.410. The molecule has 34 heavy (non-hydrogen) atoms. The molecule has 0 unspecified atom stereocenters. The molecular formula is C28H32N6. The molecule has 2 fully saturated rings. The van der Waals surface area contributed by atoms with Crippen molar-refractivity contribution in [3.63, 3.8) is 0 Å². The molecule has 4 heterocycles. The summed E-state index contributed by atoms with van der Waals surface area (Å²) >= 11 is 0. The maximum atomic E-state index is 4.55. The Morgan fingerprint density at radius 1 is 0.765 bits per heavy atom. The third-order valence-corrected chi connectivity index (χ3v) is 7.38. The molecule has 0 bridgehead atoms. The largest absolute Gasteiger partial charge is 0.333 e. The number of hydrogen-bond acceptors (Lipinski definition) is 4. The zero-order valence-electron chi connectivity index (χ0n) is 19.6. The minimum atomic E-state index is 0.472. The number of nitrogens with zero attached hydrogens (tertiary/aromatic N) is 6. The van der Waals surface area contributed by atoms with Crippen molar-refractivity contribution in [3.05, 3.63) is 97.0 Å². The van der Waals surface area contributed by atoms with E-state index in [-0.39, 0.29) is 0 Å². The molecule has 0 spiro atoms. The van der Waals surface area contributed by atoms with Crippen molar-refractivity contribution in [1.29, 1.82) is 0 Å². The first kappa shape index (κ1) is 21.3. The van der Waals surface area contributed by atoms with Crippen LogP contribution in [0.15, 0.2) is 85.8 Å². The van der Waals surface area contributed by atoms with Crippen LogP contribution in [0.1, 0.15) is 36.1 Å². The molecule has 6 rings (SSSR count). The number of hydrogen-bond donors (Lipinski definition) is 0. The maximum Gasteiger partial charge on any atom is 0.0954 e. The Labute approximate surface area is 201 Å². The van der Waals surface area contributed by atoms with E-state index in [9.17, 15) is 0 Å². The highest BCUT2D eigenvalue weighted by Gasteiger charge is 2.26. The molecule has 6 nitrogen and oxygen atoms in total. The van der Waals surface area contributed by atoms with E-state index in [0.29, 0.717) is 12.1 Å². The van der Waals surface area contributed by atoms with Gasteiger partial charge in [-0.3, -0.25) is 9.80 Å². The Kier molecular flexibility index (Phi) is 6.00. The Balaban J connectivity index is 1.13. The molecule has 2 aromatic carbocycles. The Morgan fingerprint density at radius 3 is 2.35 bits per heavy atom. The number of aromatic nitrogens is 4. The van der Waals surface area contributed by atoms with Crippen molar-refractivity contribution in [1.82, 2.24) is 28.9 Å². The molecule has 2 aliphatic rings. The third kappa shape index (κ3) is 4.56. The van der Waals surface area contributed by atoms with Crippen molar-refractivity contribution in [2.75, 3.05) is 26.2 Å². The summed E-state index contributed by atoms with van der Waals surface area (Å²) in [5.74, 6) is 0. The second-order valence-electron chi connectivity index (χ2n) is 9.74. The maximum absolute atomic E-state index is 4.55. The highest BCUT2D eigenvalue weighted by Crippen LogP contribution is 2.30. The van der Waals surface area contributed by atoms with Crippen molar-refractivity contribution in [2.24, 2.45) is 0 Å². The predicted octanol–water partition coefficient (Wildman–Crippen LogP) is 4.64. The smallest absolute Gasteiger partial charge is 0.0954 e. The number of imidazole rings is 2. The minimum absolute atomic E-state index is 0.472. The van der Waals surface area contributed by atoms with Crippen LogP contribution < -0.4 is 0 Å². The van der Waals surface area contributed by atoms with E-state index in [1.807, 2.05) is 25.0 Å². The standard InChI is InChI=1S/C28H32N6/c1-2-5-23(6-3-1)17-31-13-10-27(20-31)34-22-30-16-28(34)25-8-4-7-24(15-25)18-32-12-9-26(19-32)33-14-11-29-21-33/h1-8,11,14-16,21-22,26-27H,9-10,12-13,17-20H2/t26-,27+/m0/s1. The van der Waals surface area contributed by atoms with Gasteiger partial charge in [0.15, 0.2) is 0 Å². The molecule has 0 aliphatic carbocycles. The lowest BCUT2D eigenvalue weighted by Crippen LogP contribution is -2.21. The zero-order valence-corrected chi connectivity index (χ0v) is 19.6. The Morgan fingerprint density at radius 2 is 1.53 bits per heavy atom. The van der Waals surface area contributed by atoms with Gasteiger partial charge in [0.05, 0.1) is 24.5 Å². The van der Waals surface area contributed by atoms with Crippen LogP contribution in [0.4, 0.5) is 0 Å². The minimum Gasteiger partial charge on any atom is -0.333 e. The SMILES string of the molecule is c1ccc(CN2CC[C@@H](n3cncc3-c3cccc(CN4CC[C@H](n5ccnc5)C4)c3)C2)cc1. The van der Waals surface area contributed by atoms with Crippen LogP contribution in [0.2, 0.25) is 0 Å². The van der Waals surface area contributed by atoms with E-state index in [0.717, 1.165) is 39.3 Å². The molecule has 0 amide bonds. The number of rotatable bonds is 7. The van der Waals surface area contributed by atoms with Crippen molar-refractivity contribution < 1.29 is 0 Å². The van der Waals surface area contributed by atoms with Gasteiger partial charge in [-0.05, 0) is 30.0 Å². The molecule has 2 aliphatic heterocycles. The van der Waals surface area contributed by atoms with Gasteiger partial charge in [0.2, 0.25) is 0 Å². The van der Waals surface area contributed by atoms with E-state index in [4.69, 9.17) is 0 Å². The van der Waals surface area contributed by atoms with E-state index < -0.39 is 0 Å². The van der Waals surface area contributed by atoms with Crippen LogP contribution in [0.5, 0.6) is 0 Å². The highest BCUT2D eigenvalue weighted by atomic mass is 15.2. The van der Waals surface area contributed by atoms with Gasteiger partial charge in [0.25, 0.3) is 0 Å². The lowest BCUT2D eigenvalue weighted by molar-refractivity contribution is 0.316. The highest BCUT2D eigenvalue weighted by molar-refractivity contribution is 5.60. The van der Waals surface area contributed by atoms with Crippen molar-refractivity contribution >= 4 is 0 Å². The summed E-state index contributed by atoms with van der Waals surface area (Å²) in [6.07, 6.45) is 12.3. The summed E-state index contributed by atoms with van der Waals surface area (Å²) in [7, 11) is 0. The molecule has 4 aromatic rings. The molecule has 2 aromatic heterocycles. The first-order chi connectivity index (χ1) is 16.8. The fourth-order valence-electron chi connectivity index (χ4n) is 5.62. The summed E-state index contributed by atoms with van der Waals surface area (Å²) in [6.45, 7) is 6.42. The van der Waals surface area contributed by atoms with Gasteiger partial charge in [0, 0.05) is 69.3 Å². The molecule has 0 N–H and O–H groups in total. The van der Waals surface area contributed by atoms with Crippen LogP contribution in [-0.2, 0) is 13.1 Å². The fraction of sp³-hybridized carbons (Fsp3) is 0.357. The Bertz CT molecular complexity index is 1200. The molecule has 2 saturated heterocycles.